The molecule has 0 saturated carbocycles. The van der Waals surface area contributed by atoms with Crippen LogP contribution in [0, 0.1) is 5.82 Å². The Balaban J connectivity index is 2.03. The summed E-state index contributed by atoms with van der Waals surface area (Å²) in [5.41, 5.74) is 0.810. The molecule has 2 aromatic carbocycles. The number of carbonyl (C=O) groups is 1. The highest BCUT2D eigenvalue weighted by molar-refractivity contribution is 7.89. The van der Waals surface area contributed by atoms with E-state index in [4.69, 9.17) is 11.6 Å². The topological polar surface area (TPSA) is 66.5 Å². The second-order valence-electron chi connectivity index (χ2n) is 5.56. The summed E-state index contributed by atoms with van der Waals surface area (Å²) in [4.78, 5) is 12.1. The van der Waals surface area contributed by atoms with Crippen molar-refractivity contribution in [2.75, 3.05) is 13.6 Å². The minimum absolute atomic E-state index is 0.0768. The number of hydrogen-bond acceptors (Lipinski definition) is 3. The lowest BCUT2D eigenvalue weighted by Crippen LogP contribution is -2.39. The maximum atomic E-state index is 12.9. The molecule has 2 aromatic rings. The molecule has 1 N–H and O–H groups in total. The Hall–Kier alpha value is -1.96. The summed E-state index contributed by atoms with van der Waals surface area (Å²) in [7, 11) is -2.58. The van der Waals surface area contributed by atoms with Crippen LogP contribution < -0.4 is 5.32 Å². The molecule has 0 bridgehead atoms. The van der Waals surface area contributed by atoms with Crippen molar-refractivity contribution in [1.29, 1.82) is 0 Å². The number of carbonyl (C=O) groups excluding carboxylic acids is 1. The third kappa shape index (κ3) is 5.01. The maximum absolute atomic E-state index is 12.9. The van der Waals surface area contributed by atoms with Crippen molar-refractivity contribution >= 4 is 27.5 Å². The van der Waals surface area contributed by atoms with Gasteiger partial charge in [-0.05, 0) is 48.9 Å². The quantitative estimate of drug-likeness (QED) is 0.832. The van der Waals surface area contributed by atoms with E-state index in [1.165, 1.54) is 7.05 Å². The fourth-order valence-corrected chi connectivity index (χ4v) is 3.55. The summed E-state index contributed by atoms with van der Waals surface area (Å²) >= 11 is 5.92. The first-order valence-electron chi connectivity index (χ1n) is 7.47. The summed E-state index contributed by atoms with van der Waals surface area (Å²) in [6, 6.07) is 11.1. The monoisotopic (exact) mass is 384 g/mol. The van der Waals surface area contributed by atoms with Gasteiger partial charge in [-0.15, -0.1) is 0 Å². The molecule has 0 radical (unpaired) electrons. The number of hydrogen-bond donors (Lipinski definition) is 1. The van der Waals surface area contributed by atoms with Gasteiger partial charge in [0.15, 0.2) is 0 Å². The van der Waals surface area contributed by atoms with Crippen LogP contribution in [-0.4, -0.2) is 32.2 Å². The molecular weight excluding hydrogens is 367 g/mol. The van der Waals surface area contributed by atoms with E-state index in [0.29, 0.717) is 5.02 Å². The molecule has 0 heterocycles. The number of likely N-dealkylation sites (N-methyl/N-ethyl adjacent to an activating group) is 1. The first kappa shape index (κ1) is 19.4. The molecule has 0 fully saturated rings. The van der Waals surface area contributed by atoms with E-state index in [9.17, 15) is 17.6 Å². The predicted octanol–water partition coefficient (Wildman–Crippen LogP) is 2.98. The SMILES string of the molecule is C[C@@H](NC(=O)CN(C)S(=O)(=O)c1ccc(F)cc1)c1cccc(Cl)c1. The summed E-state index contributed by atoms with van der Waals surface area (Å²) in [6.45, 7) is 1.42. The van der Waals surface area contributed by atoms with E-state index in [-0.39, 0.29) is 17.5 Å². The fraction of sp³-hybridized carbons (Fsp3) is 0.235. The first-order chi connectivity index (χ1) is 11.7. The van der Waals surface area contributed by atoms with E-state index in [1.54, 1.807) is 25.1 Å². The standard InChI is InChI=1S/C17H18ClFN2O3S/c1-12(13-4-3-5-14(18)10-13)20-17(22)11-21(2)25(23,24)16-8-6-15(19)7-9-16/h3-10,12H,11H2,1-2H3,(H,20,22)/t12-/m1/s1. The zero-order valence-corrected chi connectivity index (χ0v) is 15.3. The second kappa shape index (κ2) is 7.95. The van der Waals surface area contributed by atoms with Gasteiger partial charge in [0.25, 0.3) is 0 Å². The van der Waals surface area contributed by atoms with Crippen LogP contribution in [0.5, 0.6) is 0 Å². The lowest BCUT2D eigenvalue weighted by Gasteiger charge is -2.19. The van der Waals surface area contributed by atoms with Crippen LogP contribution in [-0.2, 0) is 14.8 Å². The molecule has 0 saturated heterocycles. The highest BCUT2D eigenvalue weighted by Crippen LogP contribution is 2.18. The molecule has 25 heavy (non-hydrogen) atoms. The van der Waals surface area contributed by atoms with Crippen molar-refractivity contribution < 1.29 is 17.6 Å². The van der Waals surface area contributed by atoms with Gasteiger partial charge in [0.2, 0.25) is 15.9 Å². The van der Waals surface area contributed by atoms with E-state index in [0.717, 1.165) is 34.1 Å². The van der Waals surface area contributed by atoms with Gasteiger partial charge in [-0.3, -0.25) is 4.79 Å². The molecule has 134 valence electrons. The average molecular weight is 385 g/mol. The average Bonchev–Trinajstić information content (AvgIpc) is 2.55. The number of nitrogens with zero attached hydrogens (tertiary/aromatic N) is 1. The van der Waals surface area contributed by atoms with Crippen LogP contribution in [0.4, 0.5) is 4.39 Å². The molecule has 1 atom stereocenters. The number of rotatable bonds is 6. The third-order valence-corrected chi connectivity index (χ3v) is 5.67. The summed E-state index contributed by atoms with van der Waals surface area (Å²) in [5.74, 6) is -0.990. The Bertz CT molecular complexity index is 856. The lowest BCUT2D eigenvalue weighted by atomic mass is 10.1. The van der Waals surface area contributed by atoms with Gasteiger partial charge in [0.1, 0.15) is 5.82 Å². The Morgan fingerprint density at radius 3 is 2.48 bits per heavy atom. The second-order valence-corrected chi connectivity index (χ2v) is 8.04. The van der Waals surface area contributed by atoms with E-state index in [2.05, 4.69) is 5.32 Å². The molecule has 1 amide bonds. The molecule has 8 heteroatoms. The van der Waals surface area contributed by atoms with Crippen molar-refractivity contribution in [2.45, 2.75) is 17.9 Å². The summed E-state index contributed by atoms with van der Waals surface area (Å²) < 4.78 is 38.6. The normalized spacial score (nSPS) is 12.8. The Morgan fingerprint density at radius 2 is 1.88 bits per heavy atom. The lowest BCUT2D eigenvalue weighted by molar-refractivity contribution is -0.121. The molecule has 0 unspecified atom stereocenters. The van der Waals surface area contributed by atoms with Crippen molar-refractivity contribution in [3.8, 4) is 0 Å². The zero-order chi connectivity index (χ0) is 18.6. The summed E-state index contributed by atoms with van der Waals surface area (Å²) in [6.07, 6.45) is 0. The van der Waals surface area contributed by atoms with E-state index < -0.39 is 21.7 Å². The van der Waals surface area contributed by atoms with Crippen LogP contribution in [0.1, 0.15) is 18.5 Å². The van der Waals surface area contributed by atoms with Crippen LogP contribution in [0.15, 0.2) is 53.4 Å². The molecule has 5 nitrogen and oxygen atoms in total. The highest BCUT2D eigenvalue weighted by atomic mass is 35.5. The van der Waals surface area contributed by atoms with Gasteiger partial charge in [-0.25, -0.2) is 12.8 Å². The first-order valence-corrected chi connectivity index (χ1v) is 9.28. The van der Waals surface area contributed by atoms with Gasteiger partial charge >= 0.3 is 0 Å². The van der Waals surface area contributed by atoms with Crippen molar-refractivity contribution in [1.82, 2.24) is 9.62 Å². The highest BCUT2D eigenvalue weighted by Gasteiger charge is 2.23. The zero-order valence-electron chi connectivity index (χ0n) is 13.7. The molecule has 0 spiro atoms. The molecule has 0 aliphatic heterocycles. The van der Waals surface area contributed by atoms with Crippen molar-refractivity contribution in [3.05, 3.63) is 64.9 Å². The Labute approximate surface area is 151 Å². The fourth-order valence-electron chi connectivity index (χ4n) is 2.22. The van der Waals surface area contributed by atoms with Crippen LogP contribution in [0.2, 0.25) is 5.02 Å². The molecule has 0 aromatic heterocycles. The minimum atomic E-state index is -3.87. The van der Waals surface area contributed by atoms with Gasteiger partial charge in [-0.2, -0.15) is 4.31 Å². The van der Waals surface area contributed by atoms with Gasteiger partial charge < -0.3 is 5.32 Å². The van der Waals surface area contributed by atoms with Crippen LogP contribution in [0.25, 0.3) is 0 Å². The third-order valence-electron chi connectivity index (χ3n) is 3.61. The van der Waals surface area contributed by atoms with Gasteiger partial charge in [0.05, 0.1) is 17.5 Å². The maximum Gasteiger partial charge on any atom is 0.243 e. The smallest absolute Gasteiger partial charge is 0.243 e. The number of nitrogens with one attached hydrogen (secondary N) is 1. The number of amides is 1. The predicted molar refractivity (Wildman–Crippen MR) is 94.2 cm³/mol. The Kier molecular flexibility index (Phi) is 6.16. The number of halogens is 2. The number of sulfonamides is 1. The van der Waals surface area contributed by atoms with Crippen molar-refractivity contribution in [2.24, 2.45) is 0 Å². The molecule has 0 aliphatic rings. The van der Waals surface area contributed by atoms with Gasteiger partial charge in [0, 0.05) is 12.1 Å². The molecule has 0 aliphatic carbocycles. The summed E-state index contributed by atoms with van der Waals surface area (Å²) in [5, 5.41) is 3.27. The van der Waals surface area contributed by atoms with Crippen molar-refractivity contribution in [3.63, 3.8) is 0 Å². The van der Waals surface area contributed by atoms with E-state index in [1.807, 2.05) is 6.07 Å². The largest absolute Gasteiger partial charge is 0.348 e. The minimum Gasteiger partial charge on any atom is -0.348 e. The molecular formula is C17H18ClFN2O3S. The Morgan fingerprint density at radius 1 is 1.24 bits per heavy atom. The van der Waals surface area contributed by atoms with E-state index >= 15 is 0 Å². The number of benzene rings is 2. The van der Waals surface area contributed by atoms with Gasteiger partial charge in [-0.1, -0.05) is 23.7 Å². The molecule has 2 rings (SSSR count). The van der Waals surface area contributed by atoms with Crippen LogP contribution >= 0.6 is 11.6 Å². The van der Waals surface area contributed by atoms with Crippen LogP contribution in [0.3, 0.4) is 0 Å².